The summed E-state index contributed by atoms with van der Waals surface area (Å²) in [5, 5.41) is 0. The number of amides is 2. The Labute approximate surface area is 153 Å². The second kappa shape index (κ2) is 7.86. The smallest absolute Gasteiger partial charge is 0.418 e. The third-order valence-corrected chi connectivity index (χ3v) is 4.02. The van der Waals surface area contributed by atoms with E-state index in [2.05, 4.69) is 0 Å². The van der Waals surface area contributed by atoms with Gasteiger partial charge in [0.05, 0.1) is 20.3 Å². The number of benzene rings is 1. The van der Waals surface area contributed by atoms with Gasteiger partial charge in [0.2, 0.25) is 5.91 Å². The van der Waals surface area contributed by atoms with Crippen molar-refractivity contribution in [2.45, 2.75) is 51.4 Å². The average Bonchev–Trinajstić information content (AvgIpc) is 2.91. The topological polar surface area (TPSA) is 82.1 Å². The van der Waals surface area contributed by atoms with Gasteiger partial charge in [-0.3, -0.25) is 4.79 Å². The van der Waals surface area contributed by atoms with Gasteiger partial charge in [-0.05, 0) is 32.8 Å². The molecule has 2 rings (SSSR count). The van der Waals surface area contributed by atoms with Gasteiger partial charge in [0.25, 0.3) is 0 Å². The summed E-state index contributed by atoms with van der Waals surface area (Å²) < 4.78 is 15.9. The van der Waals surface area contributed by atoms with Crippen LogP contribution in [0.5, 0.6) is 0 Å². The Kier molecular flexibility index (Phi) is 6.02. The SMILES string of the molecule is COC(=O)[C@]1(COCc2ccccc2)CCC(=O)N1C(=O)OC(C)(C)C. The van der Waals surface area contributed by atoms with Gasteiger partial charge in [-0.25, -0.2) is 14.5 Å². The molecular weight excluding hydrogens is 338 g/mol. The molecule has 0 N–H and O–H groups in total. The van der Waals surface area contributed by atoms with Crippen LogP contribution in [0.1, 0.15) is 39.2 Å². The first-order chi connectivity index (χ1) is 12.2. The van der Waals surface area contributed by atoms with Crippen LogP contribution in [0.2, 0.25) is 0 Å². The Morgan fingerprint density at radius 2 is 1.85 bits per heavy atom. The Morgan fingerprint density at radius 3 is 2.42 bits per heavy atom. The van der Waals surface area contributed by atoms with Crippen LogP contribution in [0, 0.1) is 0 Å². The third kappa shape index (κ3) is 4.40. The second-order valence-corrected chi connectivity index (χ2v) is 7.21. The zero-order valence-corrected chi connectivity index (χ0v) is 15.6. The lowest BCUT2D eigenvalue weighted by atomic mass is 9.97. The molecule has 0 aliphatic carbocycles. The number of carbonyl (C=O) groups is 3. The summed E-state index contributed by atoms with van der Waals surface area (Å²) in [4.78, 5) is 38.2. The van der Waals surface area contributed by atoms with Crippen molar-refractivity contribution in [3.05, 3.63) is 35.9 Å². The van der Waals surface area contributed by atoms with Gasteiger partial charge in [0.15, 0.2) is 5.54 Å². The fraction of sp³-hybridized carbons (Fsp3) is 0.526. The van der Waals surface area contributed by atoms with Gasteiger partial charge in [0, 0.05) is 6.42 Å². The van der Waals surface area contributed by atoms with Gasteiger partial charge in [-0.1, -0.05) is 30.3 Å². The summed E-state index contributed by atoms with van der Waals surface area (Å²) in [5.41, 5.74) is -1.39. The Hall–Kier alpha value is -2.41. The van der Waals surface area contributed by atoms with Crippen molar-refractivity contribution in [3.8, 4) is 0 Å². The monoisotopic (exact) mass is 363 g/mol. The number of hydrogen-bond donors (Lipinski definition) is 0. The predicted molar refractivity (Wildman–Crippen MR) is 93.2 cm³/mol. The highest BCUT2D eigenvalue weighted by Crippen LogP contribution is 2.34. The number of hydrogen-bond acceptors (Lipinski definition) is 6. The Morgan fingerprint density at radius 1 is 1.19 bits per heavy atom. The van der Waals surface area contributed by atoms with Gasteiger partial charge < -0.3 is 14.2 Å². The summed E-state index contributed by atoms with van der Waals surface area (Å²) in [6.07, 6.45) is -0.691. The van der Waals surface area contributed by atoms with Crippen molar-refractivity contribution in [3.63, 3.8) is 0 Å². The lowest BCUT2D eigenvalue weighted by Crippen LogP contribution is -2.58. The molecule has 7 nitrogen and oxygen atoms in total. The molecule has 0 saturated carbocycles. The number of ether oxygens (including phenoxy) is 3. The highest BCUT2D eigenvalue weighted by atomic mass is 16.6. The molecule has 0 bridgehead atoms. The van der Waals surface area contributed by atoms with E-state index >= 15 is 0 Å². The number of methoxy groups -OCH3 is 1. The molecule has 142 valence electrons. The first-order valence-electron chi connectivity index (χ1n) is 8.46. The lowest BCUT2D eigenvalue weighted by molar-refractivity contribution is -0.161. The van der Waals surface area contributed by atoms with E-state index in [0.717, 1.165) is 10.5 Å². The maximum atomic E-state index is 12.6. The van der Waals surface area contributed by atoms with Crippen LogP contribution < -0.4 is 0 Å². The van der Waals surface area contributed by atoms with Crippen LogP contribution >= 0.6 is 0 Å². The average molecular weight is 363 g/mol. The highest BCUT2D eigenvalue weighted by molar-refractivity contribution is 6.02. The standard InChI is InChI=1S/C19H25NO6/c1-18(2,3)26-17(23)20-15(21)10-11-19(20,16(22)24-4)13-25-12-14-8-6-5-7-9-14/h5-9H,10-13H2,1-4H3/t19-/m1/s1. The quantitative estimate of drug-likeness (QED) is 0.748. The minimum Gasteiger partial charge on any atom is -0.467 e. The molecule has 0 spiro atoms. The fourth-order valence-electron chi connectivity index (χ4n) is 2.85. The normalized spacial score (nSPS) is 20.2. The number of esters is 1. The summed E-state index contributed by atoms with van der Waals surface area (Å²) in [7, 11) is 1.22. The molecule has 26 heavy (non-hydrogen) atoms. The number of imide groups is 1. The van der Waals surface area contributed by atoms with Crippen molar-refractivity contribution >= 4 is 18.0 Å². The van der Waals surface area contributed by atoms with E-state index < -0.39 is 29.1 Å². The Balaban J connectivity index is 2.21. The molecule has 2 amide bonds. The number of carbonyl (C=O) groups excluding carboxylic acids is 3. The van der Waals surface area contributed by atoms with Crippen molar-refractivity contribution in [2.75, 3.05) is 13.7 Å². The largest absolute Gasteiger partial charge is 0.467 e. The summed E-state index contributed by atoms with van der Waals surface area (Å²) in [6.45, 7) is 5.17. The zero-order chi connectivity index (χ0) is 19.4. The van der Waals surface area contributed by atoms with E-state index in [1.807, 2.05) is 30.3 Å². The van der Waals surface area contributed by atoms with Crippen LogP contribution in [0.15, 0.2) is 30.3 Å². The molecule has 1 aliphatic rings. The van der Waals surface area contributed by atoms with Crippen LogP contribution in [0.4, 0.5) is 4.79 Å². The molecule has 0 unspecified atom stereocenters. The van der Waals surface area contributed by atoms with Crippen molar-refractivity contribution in [1.82, 2.24) is 4.90 Å². The van der Waals surface area contributed by atoms with Crippen LogP contribution in [0.25, 0.3) is 0 Å². The van der Waals surface area contributed by atoms with E-state index in [1.165, 1.54) is 7.11 Å². The summed E-state index contributed by atoms with van der Waals surface area (Å²) >= 11 is 0. The molecule has 1 atom stereocenters. The van der Waals surface area contributed by atoms with E-state index in [-0.39, 0.29) is 26.1 Å². The Bertz CT molecular complexity index is 666. The number of likely N-dealkylation sites (tertiary alicyclic amines) is 1. The molecular formula is C19H25NO6. The van der Waals surface area contributed by atoms with Crippen molar-refractivity contribution in [1.29, 1.82) is 0 Å². The molecule has 1 aromatic rings. The van der Waals surface area contributed by atoms with E-state index in [4.69, 9.17) is 14.2 Å². The van der Waals surface area contributed by atoms with Crippen LogP contribution in [-0.4, -0.2) is 47.7 Å². The van der Waals surface area contributed by atoms with Gasteiger partial charge in [-0.2, -0.15) is 0 Å². The first-order valence-corrected chi connectivity index (χ1v) is 8.46. The molecule has 1 aliphatic heterocycles. The molecule has 1 heterocycles. The maximum absolute atomic E-state index is 12.6. The van der Waals surface area contributed by atoms with E-state index in [0.29, 0.717) is 0 Å². The molecule has 7 heteroatoms. The predicted octanol–water partition coefficient (Wildman–Crippen LogP) is 2.67. The van der Waals surface area contributed by atoms with Crippen LogP contribution in [0.3, 0.4) is 0 Å². The molecule has 0 radical (unpaired) electrons. The maximum Gasteiger partial charge on any atom is 0.418 e. The number of rotatable bonds is 5. The molecule has 1 saturated heterocycles. The summed E-state index contributed by atoms with van der Waals surface area (Å²) in [6, 6.07) is 9.41. The highest BCUT2D eigenvalue weighted by Gasteiger charge is 2.56. The molecule has 1 fully saturated rings. The molecule has 1 aromatic carbocycles. The number of nitrogens with zero attached hydrogens (tertiary/aromatic N) is 1. The van der Waals surface area contributed by atoms with Gasteiger partial charge >= 0.3 is 12.1 Å². The third-order valence-electron chi connectivity index (χ3n) is 4.02. The molecule has 0 aromatic heterocycles. The lowest BCUT2D eigenvalue weighted by Gasteiger charge is -2.35. The minimum absolute atomic E-state index is 0.0447. The van der Waals surface area contributed by atoms with Gasteiger partial charge in [0.1, 0.15) is 5.60 Å². The van der Waals surface area contributed by atoms with Crippen molar-refractivity contribution < 1.29 is 28.6 Å². The van der Waals surface area contributed by atoms with Gasteiger partial charge in [-0.15, -0.1) is 0 Å². The van der Waals surface area contributed by atoms with Crippen molar-refractivity contribution in [2.24, 2.45) is 0 Å². The van der Waals surface area contributed by atoms with E-state index in [9.17, 15) is 14.4 Å². The van der Waals surface area contributed by atoms with E-state index in [1.54, 1.807) is 20.8 Å². The summed E-state index contributed by atoms with van der Waals surface area (Å²) in [5.74, 6) is -1.17. The zero-order valence-electron chi connectivity index (χ0n) is 15.6. The first kappa shape index (κ1) is 19.9. The second-order valence-electron chi connectivity index (χ2n) is 7.21. The minimum atomic E-state index is -1.51. The fourth-order valence-corrected chi connectivity index (χ4v) is 2.85. The van der Waals surface area contributed by atoms with Crippen LogP contribution in [-0.2, 0) is 30.4 Å².